The fourth-order valence-electron chi connectivity index (χ4n) is 4.71. The number of nitrogens with zero attached hydrogens (tertiary/aromatic N) is 3. The Morgan fingerprint density at radius 2 is 2.00 bits per heavy atom. The minimum absolute atomic E-state index is 0.264. The van der Waals surface area contributed by atoms with E-state index >= 15 is 0 Å². The first-order valence-corrected chi connectivity index (χ1v) is 9.38. The van der Waals surface area contributed by atoms with Gasteiger partial charge in [0.2, 0.25) is 5.91 Å². The van der Waals surface area contributed by atoms with Crippen molar-refractivity contribution in [2.24, 2.45) is 11.3 Å². The molecule has 3 heterocycles. The Kier molecular flexibility index (Phi) is 3.45. The van der Waals surface area contributed by atoms with Gasteiger partial charge >= 0.3 is 0 Å². The summed E-state index contributed by atoms with van der Waals surface area (Å²) in [5.41, 5.74) is 3.86. The first-order chi connectivity index (χ1) is 12.3. The molecule has 25 heavy (non-hydrogen) atoms. The topological polar surface area (TPSA) is 50.2 Å². The van der Waals surface area contributed by atoms with Gasteiger partial charge in [0.25, 0.3) is 0 Å². The average Bonchev–Trinajstić information content (AvgIpc) is 3.18. The maximum Gasteiger partial charge on any atom is 0.226 e. The SMILES string of the molecule is O=C(C1CC12CCNCC2)N1CCc2c(cnn2-c2ccccc2)C1. The Balaban J connectivity index is 1.32. The van der Waals surface area contributed by atoms with E-state index in [1.54, 1.807) is 0 Å². The van der Waals surface area contributed by atoms with Crippen LogP contribution in [0.4, 0.5) is 0 Å². The van der Waals surface area contributed by atoms with Gasteiger partial charge in [0, 0.05) is 31.0 Å². The van der Waals surface area contributed by atoms with Crippen LogP contribution in [-0.4, -0.2) is 40.2 Å². The molecular formula is C20H24N4O. The van der Waals surface area contributed by atoms with E-state index in [4.69, 9.17) is 0 Å². The number of hydrogen-bond donors (Lipinski definition) is 1. The standard InChI is InChI=1S/C20H24N4O/c25-19(17-12-20(17)7-9-21-10-8-20)23-11-6-18-15(14-23)13-22-24(18)16-4-2-1-3-5-16/h1-5,13,17,21H,6-12,14H2. The van der Waals surface area contributed by atoms with E-state index in [9.17, 15) is 4.79 Å². The molecule has 2 aliphatic heterocycles. The van der Waals surface area contributed by atoms with Crippen LogP contribution in [-0.2, 0) is 17.8 Å². The highest BCUT2D eigenvalue weighted by Gasteiger charge is 2.58. The largest absolute Gasteiger partial charge is 0.338 e. The number of piperidine rings is 1. The van der Waals surface area contributed by atoms with E-state index in [1.807, 2.05) is 29.1 Å². The second-order valence-electron chi connectivity index (χ2n) is 7.74. The van der Waals surface area contributed by atoms with Gasteiger partial charge in [-0.15, -0.1) is 0 Å². The van der Waals surface area contributed by atoms with Crippen molar-refractivity contribution in [3.63, 3.8) is 0 Å². The summed E-state index contributed by atoms with van der Waals surface area (Å²) in [6.07, 6.45) is 6.25. The number of amides is 1. The third-order valence-corrected chi connectivity index (χ3v) is 6.33. The fourth-order valence-corrected chi connectivity index (χ4v) is 4.71. The highest BCUT2D eigenvalue weighted by atomic mass is 16.2. The van der Waals surface area contributed by atoms with Crippen LogP contribution < -0.4 is 5.32 Å². The summed E-state index contributed by atoms with van der Waals surface area (Å²) in [7, 11) is 0. The lowest BCUT2D eigenvalue weighted by molar-refractivity contribution is -0.134. The van der Waals surface area contributed by atoms with Gasteiger partial charge in [0.1, 0.15) is 0 Å². The monoisotopic (exact) mass is 336 g/mol. The Labute approximate surface area is 148 Å². The van der Waals surface area contributed by atoms with Crippen LogP contribution in [0, 0.1) is 11.3 Å². The van der Waals surface area contributed by atoms with Gasteiger partial charge in [0.05, 0.1) is 17.6 Å². The predicted molar refractivity (Wildman–Crippen MR) is 95.3 cm³/mol. The van der Waals surface area contributed by atoms with Gasteiger partial charge in [-0.2, -0.15) is 5.10 Å². The Morgan fingerprint density at radius 3 is 2.80 bits per heavy atom. The molecule has 2 aromatic rings. The van der Waals surface area contributed by atoms with Gasteiger partial charge in [-0.1, -0.05) is 18.2 Å². The number of hydrogen-bond acceptors (Lipinski definition) is 3. The van der Waals surface area contributed by atoms with E-state index in [-0.39, 0.29) is 5.92 Å². The number of aromatic nitrogens is 2. The highest BCUT2D eigenvalue weighted by Crippen LogP contribution is 2.59. The van der Waals surface area contributed by atoms with Crippen LogP contribution in [0.15, 0.2) is 36.5 Å². The molecule has 1 saturated heterocycles. The van der Waals surface area contributed by atoms with E-state index in [1.165, 1.54) is 11.3 Å². The molecule has 3 aliphatic rings. The van der Waals surface area contributed by atoms with E-state index in [0.29, 0.717) is 17.9 Å². The van der Waals surface area contributed by atoms with Crippen LogP contribution in [0.5, 0.6) is 0 Å². The van der Waals surface area contributed by atoms with Crippen molar-refractivity contribution in [1.82, 2.24) is 20.0 Å². The molecule has 0 radical (unpaired) electrons. The second-order valence-corrected chi connectivity index (χ2v) is 7.74. The Morgan fingerprint density at radius 1 is 1.20 bits per heavy atom. The van der Waals surface area contributed by atoms with E-state index in [0.717, 1.165) is 51.0 Å². The molecule has 5 rings (SSSR count). The van der Waals surface area contributed by atoms with Gasteiger partial charge in [0.15, 0.2) is 0 Å². The molecule has 1 unspecified atom stereocenters. The number of fused-ring (bicyclic) bond motifs is 1. The number of carbonyl (C=O) groups excluding carboxylic acids is 1. The van der Waals surface area contributed by atoms with Crippen LogP contribution in [0.2, 0.25) is 0 Å². The number of nitrogens with one attached hydrogen (secondary N) is 1. The zero-order valence-corrected chi connectivity index (χ0v) is 14.4. The minimum Gasteiger partial charge on any atom is -0.338 e. The molecule has 0 bridgehead atoms. The average molecular weight is 336 g/mol. The summed E-state index contributed by atoms with van der Waals surface area (Å²) >= 11 is 0. The summed E-state index contributed by atoms with van der Waals surface area (Å²) in [5, 5.41) is 7.99. The van der Waals surface area contributed by atoms with Crippen LogP contribution in [0.25, 0.3) is 5.69 Å². The molecule has 1 N–H and O–H groups in total. The summed E-state index contributed by atoms with van der Waals surface area (Å²) in [4.78, 5) is 15.1. The predicted octanol–water partition coefficient (Wildman–Crippen LogP) is 2.15. The second kappa shape index (κ2) is 5.70. The molecule has 1 aromatic carbocycles. The molecule has 1 amide bonds. The molecule has 1 spiro atoms. The van der Waals surface area contributed by atoms with Crippen molar-refractivity contribution >= 4 is 5.91 Å². The summed E-state index contributed by atoms with van der Waals surface area (Å²) < 4.78 is 2.03. The number of carbonyl (C=O) groups is 1. The third-order valence-electron chi connectivity index (χ3n) is 6.33. The molecule has 5 heteroatoms. The van der Waals surface area contributed by atoms with Gasteiger partial charge in [-0.25, -0.2) is 4.68 Å². The first kappa shape index (κ1) is 15.1. The summed E-state index contributed by atoms with van der Waals surface area (Å²) in [6, 6.07) is 10.2. The van der Waals surface area contributed by atoms with Gasteiger partial charge in [-0.3, -0.25) is 4.79 Å². The first-order valence-electron chi connectivity index (χ1n) is 9.38. The van der Waals surface area contributed by atoms with Crippen molar-refractivity contribution in [2.45, 2.75) is 32.2 Å². The molecule has 130 valence electrons. The normalized spacial score (nSPS) is 24.2. The van der Waals surface area contributed by atoms with E-state index in [2.05, 4.69) is 27.4 Å². The summed E-state index contributed by atoms with van der Waals surface area (Å²) in [6.45, 7) is 3.66. The van der Waals surface area contributed by atoms with Crippen molar-refractivity contribution in [3.05, 3.63) is 47.8 Å². The van der Waals surface area contributed by atoms with Crippen LogP contribution in [0.1, 0.15) is 30.5 Å². The molecule has 1 saturated carbocycles. The lowest BCUT2D eigenvalue weighted by atomic mass is 9.91. The fraction of sp³-hybridized carbons (Fsp3) is 0.500. The lowest BCUT2D eigenvalue weighted by Crippen LogP contribution is -2.39. The number of rotatable bonds is 2. The van der Waals surface area contributed by atoms with E-state index < -0.39 is 0 Å². The molecule has 5 nitrogen and oxygen atoms in total. The maximum absolute atomic E-state index is 13.0. The summed E-state index contributed by atoms with van der Waals surface area (Å²) in [5.74, 6) is 0.639. The molecular weight excluding hydrogens is 312 g/mol. The van der Waals surface area contributed by atoms with Crippen LogP contribution in [0.3, 0.4) is 0 Å². The van der Waals surface area contributed by atoms with Crippen molar-refractivity contribution in [3.8, 4) is 5.69 Å². The molecule has 1 aromatic heterocycles. The number of para-hydroxylation sites is 1. The zero-order chi connectivity index (χ0) is 16.9. The van der Waals surface area contributed by atoms with Crippen molar-refractivity contribution < 1.29 is 4.79 Å². The maximum atomic E-state index is 13.0. The van der Waals surface area contributed by atoms with Gasteiger partial charge < -0.3 is 10.2 Å². The Bertz CT molecular complexity index is 791. The number of benzene rings is 1. The molecule has 2 fully saturated rings. The van der Waals surface area contributed by atoms with Crippen molar-refractivity contribution in [1.29, 1.82) is 0 Å². The lowest BCUT2D eigenvalue weighted by Gasteiger charge is -2.30. The zero-order valence-electron chi connectivity index (χ0n) is 14.4. The van der Waals surface area contributed by atoms with Gasteiger partial charge in [-0.05, 0) is 49.9 Å². The van der Waals surface area contributed by atoms with Crippen molar-refractivity contribution in [2.75, 3.05) is 19.6 Å². The molecule has 1 atom stereocenters. The van der Waals surface area contributed by atoms with Crippen LogP contribution >= 0.6 is 0 Å². The minimum atomic E-state index is 0.264. The Hall–Kier alpha value is -2.14. The smallest absolute Gasteiger partial charge is 0.226 e. The highest BCUT2D eigenvalue weighted by molar-refractivity contribution is 5.83. The third kappa shape index (κ3) is 2.49. The quantitative estimate of drug-likeness (QED) is 0.914. The molecule has 1 aliphatic carbocycles.